The van der Waals surface area contributed by atoms with Crippen molar-refractivity contribution >= 4 is 22.4 Å². The predicted molar refractivity (Wildman–Crippen MR) is 140 cm³/mol. The maximum Gasteiger partial charge on any atom is 0.164 e. The van der Waals surface area contributed by atoms with Gasteiger partial charge in [0.05, 0.1) is 22.8 Å². The Morgan fingerprint density at radius 3 is 2.47 bits per heavy atom. The van der Waals surface area contributed by atoms with Crippen molar-refractivity contribution in [2.24, 2.45) is 0 Å². The summed E-state index contributed by atoms with van der Waals surface area (Å²) >= 11 is 0. The van der Waals surface area contributed by atoms with Crippen LogP contribution in [0.25, 0.3) is 27.8 Å². The lowest BCUT2D eigenvalue weighted by Gasteiger charge is -2.16. The minimum Gasteiger partial charge on any atom is -0.383 e. The molecule has 5 rings (SSSR count). The number of anilines is 1. The molecule has 0 bridgehead atoms. The molecule has 2 N–H and O–H groups in total. The number of aromatic nitrogens is 5. The van der Waals surface area contributed by atoms with Gasteiger partial charge in [-0.25, -0.2) is 14.6 Å². The van der Waals surface area contributed by atoms with E-state index in [2.05, 4.69) is 95.0 Å². The summed E-state index contributed by atoms with van der Waals surface area (Å²) in [5.41, 5.74) is 13.7. The second-order valence-corrected chi connectivity index (χ2v) is 8.54. The quantitative estimate of drug-likeness (QED) is 0.387. The van der Waals surface area contributed by atoms with Gasteiger partial charge in [0.2, 0.25) is 0 Å². The van der Waals surface area contributed by atoms with Gasteiger partial charge in [-0.15, -0.1) is 0 Å². The average molecular weight is 456 g/mol. The van der Waals surface area contributed by atoms with Gasteiger partial charge in [-0.3, -0.25) is 0 Å². The molecule has 0 spiro atoms. The second kappa shape index (κ2) is 9.65. The lowest BCUT2D eigenvalue weighted by Crippen LogP contribution is -2.11. The van der Waals surface area contributed by atoms with E-state index in [0.29, 0.717) is 5.82 Å². The van der Waals surface area contributed by atoms with Crippen molar-refractivity contribution in [2.45, 2.75) is 40.3 Å². The first-order chi connectivity index (χ1) is 16.4. The van der Waals surface area contributed by atoms with Gasteiger partial charge in [-0.1, -0.05) is 44.2 Å². The van der Waals surface area contributed by atoms with E-state index in [1.807, 2.05) is 25.5 Å². The number of rotatable bonds is 5. The van der Waals surface area contributed by atoms with Gasteiger partial charge in [-0.05, 0) is 57.3 Å². The third-order valence-corrected chi connectivity index (χ3v) is 5.95. The number of hydrogen-bond acceptors (Lipinski definition) is 5. The zero-order valence-electron chi connectivity index (χ0n) is 20.8. The molecule has 34 heavy (non-hydrogen) atoms. The molecule has 0 saturated heterocycles. The molecular weight excluding hydrogens is 422 g/mol. The molecule has 1 atom stereocenters. The topological polar surface area (TPSA) is 77.3 Å². The van der Waals surface area contributed by atoms with Crippen LogP contribution in [0.2, 0.25) is 0 Å². The summed E-state index contributed by atoms with van der Waals surface area (Å²) in [5, 5.41) is 5.62. The highest BCUT2D eigenvalue weighted by Gasteiger charge is 2.23. The number of hydrogen-bond donors (Lipinski definition) is 1. The van der Waals surface area contributed by atoms with Crippen LogP contribution < -0.4 is 5.73 Å². The number of nitrogen functional groups attached to an aromatic ring is 1. The second-order valence-electron chi connectivity index (χ2n) is 8.54. The van der Waals surface area contributed by atoms with Crippen LogP contribution in [0, 0.1) is 6.92 Å². The predicted octanol–water partition coefficient (Wildman–Crippen LogP) is 5.33. The van der Waals surface area contributed by atoms with Crippen LogP contribution in [-0.4, -0.2) is 43.1 Å². The summed E-state index contributed by atoms with van der Waals surface area (Å²) in [7, 11) is 4.17. The fourth-order valence-electron chi connectivity index (χ4n) is 4.47. The van der Waals surface area contributed by atoms with Crippen molar-refractivity contribution in [3.63, 3.8) is 0 Å². The van der Waals surface area contributed by atoms with Crippen LogP contribution in [0.5, 0.6) is 0 Å². The van der Waals surface area contributed by atoms with Crippen molar-refractivity contribution < 1.29 is 0 Å². The van der Waals surface area contributed by atoms with Gasteiger partial charge in [0, 0.05) is 23.8 Å². The van der Waals surface area contributed by atoms with E-state index in [1.165, 1.54) is 23.0 Å². The van der Waals surface area contributed by atoms with E-state index in [9.17, 15) is 0 Å². The van der Waals surface area contributed by atoms with Gasteiger partial charge >= 0.3 is 0 Å². The molecule has 4 aromatic heterocycles. The Kier molecular flexibility index (Phi) is 6.65. The molecule has 0 aliphatic carbocycles. The summed E-state index contributed by atoms with van der Waals surface area (Å²) in [6.07, 6.45) is 3.61. The highest BCUT2D eigenvalue weighted by atomic mass is 15.3. The van der Waals surface area contributed by atoms with Crippen molar-refractivity contribution in [1.29, 1.82) is 0 Å². The number of pyridine rings is 1. The van der Waals surface area contributed by atoms with Gasteiger partial charge in [-0.2, -0.15) is 5.10 Å². The number of nitrogens with two attached hydrogens (primary N) is 1. The highest BCUT2D eigenvalue weighted by Crippen LogP contribution is 2.35. The van der Waals surface area contributed by atoms with Crippen LogP contribution in [0.15, 0.2) is 61.1 Å². The smallest absolute Gasteiger partial charge is 0.164 e. The van der Waals surface area contributed by atoms with Crippen LogP contribution in [0.1, 0.15) is 43.6 Å². The minimum atomic E-state index is -0.0446. The Bertz CT molecular complexity index is 1410. The average Bonchev–Trinajstić information content (AvgIpc) is 3.39. The molecule has 5 aromatic rings. The molecule has 0 fully saturated rings. The maximum absolute atomic E-state index is 6.13. The number of benzene rings is 1. The molecule has 0 radical (unpaired) electrons. The fraction of sp³-hybridized carbons (Fsp3) is 0.296. The Morgan fingerprint density at radius 1 is 1.03 bits per heavy atom. The van der Waals surface area contributed by atoms with Crippen molar-refractivity contribution in [2.75, 3.05) is 19.8 Å². The summed E-state index contributed by atoms with van der Waals surface area (Å²) in [6.45, 7) is 9.02. The number of fused-ring (bicyclic) bond motifs is 2. The molecule has 4 heterocycles. The SMILES string of the molecule is CC.Cc1nn(C(C)c2cc3ccccn3c2-c2ccc(CN(C)C)cc2)c2ncnc(N)c12. The molecular formula is C27H33N7. The largest absolute Gasteiger partial charge is 0.383 e. The highest BCUT2D eigenvalue weighted by molar-refractivity contribution is 5.88. The van der Waals surface area contributed by atoms with E-state index in [-0.39, 0.29) is 6.04 Å². The van der Waals surface area contributed by atoms with Crippen LogP contribution >= 0.6 is 0 Å². The van der Waals surface area contributed by atoms with E-state index < -0.39 is 0 Å². The standard InChI is InChI=1S/C25H27N7.C2H6/c1-16-22-24(26)27-15-28-25(22)32(29-16)17(2)21-13-20-7-5-6-12-31(20)23(21)19-10-8-18(9-11-19)14-30(3)4;1-2/h5-13,15,17H,14H2,1-4H3,(H2,26,27,28);1-2H3. The fourth-order valence-corrected chi connectivity index (χ4v) is 4.47. The molecule has 7 heteroatoms. The zero-order chi connectivity index (χ0) is 24.4. The summed E-state index contributed by atoms with van der Waals surface area (Å²) < 4.78 is 4.20. The molecule has 1 aromatic carbocycles. The lowest BCUT2D eigenvalue weighted by molar-refractivity contribution is 0.402. The van der Waals surface area contributed by atoms with Gasteiger partial charge < -0.3 is 15.0 Å². The zero-order valence-corrected chi connectivity index (χ0v) is 20.8. The van der Waals surface area contributed by atoms with E-state index >= 15 is 0 Å². The first-order valence-corrected chi connectivity index (χ1v) is 11.7. The molecule has 7 nitrogen and oxygen atoms in total. The van der Waals surface area contributed by atoms with Gasteiger partial charge in [0.15, 0.2) is 5.65 Å². The Balaban J connectivity index is 0.00000133. The van der Waals surface area contributed by atoms with Crippen molar-refractivity contribution in [1.82, 2.24) is 29.0 Å². The Hall–Kier alpha value is -3.71. The lowest BCUT2D eigenvalue weighted by atomic mass is 10.0. The molecule has 0 aliphatic heterocycles. The number of aryl methyl sites for hydroxylation is 1. The molecule has 0 saturated carbocycles. The summed E-state index contributed by atoms with van der Waals surface area (Å²) in [5.74, 6) is 0.463. The summed E-state index contributed by atoms with van der Waals surface area (Å²) in [4.78, 5) is 10.8. The number of nitrogens with zero attached hydrogens (tertiary/aromatic N) is 6. The van der Waals surface area contributed by atoms with Crippen LogP contribution in [-0.2, 0) is 6.54 Å². The maximum atomic E-state index is 6.13. The molecule has 0 amide bonds. The third kappa shape index (κ3) is 4.15. The normalized spacial score (nSPS) is 12.2. The third-order valence-electron chi connectivity index (χ3n) is 5.95. The van der Waals surface area contributed by atoms with Gasteiger partial charge in [0.25, 0.3) is 0 Å². The molecule has 1 unspecified atom stereocenters. The van der Waals surface area contributed by atoms with Crippen LogP contribution in [0.3, 0.4) is 0 Å². The van der Waals surface area contributed by atoms with Crippen LogP contribution in [0.4, 0.5) is 5.82 Å². The van der Waals surface area contributed by atoms with Gasteiger partial charge in [0.1, 0.15) is 12.1 Å². The van der Waals surface area contributed by atoms with E-state index in [0.717, 1.165) is 34.5 Å². The first kappa shape index (κ1) is 23.4. The Morgan fingerprint density at radius 2 is 1.76 bits per heavy atom. The molecule has 176 valence electrons. The van der Waals surface area contributed by atoms with Crippen molar-refractivity contribution in [3.8, 4) is 11.3 Å². The van der Waals surface area contributed by atoms with Crippen molar-refractivity contribution in [3.05, 3.63) is 77.9 Å². The van der Waals surface area contributed by atoms with E-state index in [1.54, 1.807) is 0 Å². The summed E-state index contributed by atoms with van der Waals surface area (Å²) in [6, 6.07) is 17.3. The first-order valence-electron chi connectivity index (χ1n) is 11.7. The monoisotopic (exact) mass is 455 g/mol. The minimum absolute atomic E-state index is 0.0446. The Labute approximate surface area is 200 Å². The van der Waals surface area contributed by atoms with E-state index in [4.69, 9.17) is 10.8 Å². The molecule has 0 aliphatic rings.